The molecular weight excluding hydrogens is 276 g/mol. The minimum atomic E-state index is 0.116. The minimum absolute atomic E-state index is 0.116. The van der Waals surface area contributed by atoms with Crippen LogP contribution in [-0.2, 0) is 16.0 Å². The van der Waals surface area contributed by atoms with Gasteiger partial charge < -0.3 is 9.47 Å². The third kappa shape index (κ3) is 3.19. The quantitative estimate of drug-likeness (QED) is 0.725. The molecule has 0 N–H and O–H groups in total. The molecule has 0 amide bonds. The Labute approximate surface area is 132 Å². The molecule has 4 nitrogen and oxygen atoms in total. The van der Waals surface area contributed by atoms with Crippen molar-refractivity contribution in [2.45, 2.75) is 37.8 Å². The van der Waals surface area contributed by atoms with E-state index >= 15 is 0 Å². The van der Waals surface area contributed by atoms with Crippen molar-refractivity contribution in [2.24, 2.45) is 11.8 Å². The normalized spacial score (nSPS) is 27.2. The Bertz CT molecular complexity index is 483. The Morgan fingerprint density at radius 2 is 2.23 bits per heavy atom. The molecule has 2 saturated heterocycles. The maximum atomic E-state index is 6.13. The number of hydrogen-bond acceptors (Lipinski definition) is 4. The number of likely N-dealkylation sites (tertiary alicyclic amines) is 1. The molecule has 2 aliphatic heterocycles. The van der Waals surface area contributed by atoms with Gasteiger partial charge in [-0.15, -0.1) is 0 Å². The summed E-state index contributed by atoms with van der Waals surface area (Å²) in [5, 5.41) is 0. The van der Waals surface area contributed by atoms with E-state index in [-0.39, 0.29) is 5.60 Å². The van der Waals surface area contributed by atoms with E-state index in [1.165, 1.54) is 24.8 Å². The molecule has 0 aromatic carbocycles. The van der Waals surface area contributed by atoms with Crippen LogP contribution in [-0.4, -0.2) is 48.4 Å². The van der Waals surface area contributed by atoms with Crippen LogP contribution in [0, 0.1) is 11.8 Å². The van der Waals surface area contributed by atoms with Crippen molar-refractivity contribution >= 4 is 0 Å². The van der Waals surface area contributed by atoms with Crippen molar-refractivity contribution < 1.29 is 9.47 Å². The van der Waals surface area contributed by atoms with Gasteiger partial charge in [0.05, 0.1) is 5.60 Å². The highest BCUT2D eigenvalue weighted by Gasteiger charge is 2.52. The van der Waals surface area contributed by atoms with Gasteiger partial charge in [-0.1, -0.05) is 6.07 Å². The fourth-order valence-corrected chi connectivity index (χ4v) is 3.87. The van der Waals surface area contributed by atoms with Crippen LogP contribution in [0.2, 0.25) is 0 Å². The van der Waals surface area contributed by atoms with Gasteiger partial charge >= 0.3 is 0 Å². The van der Waals surface area contributed by atoms with Gasteiger partial charge in [-0.3, -0.25) is 9.88 Å². The maximum Gasteiger partial charge on any atom is 0.0964 e. The first-order valence-electron chi connectivity index (χ1n) is 8.67. The van der Waals surface area contributed by atoms with E-state index in [4.69, 9.17) is 9.47 Å². The van der Waals surface area contributed by atoms with Crippen LogP contribution in [0.25, 0.3) is 0 Å². The molecule has 0 bridgehead atoms. The SMILES string of the molecule is c1cncc(CN2CC3(C2)OCCC3CCOCC2CC2)c1. The second-order valence-corrected chi connectivity index (χ2v) is 7.21. The zero-order valence-electron chi connectivity index (χ0n) is 13.2. The van der Waals surface area contributed by atoms with Crippen LogP contribution in [0.3, 0.4) is 0 Å². The van der Waals surface area contributed by atoms with Crippen LogP contribution >= 0.6 is 0 Å². The highest BCUT2D eigenvalue weighted by Crippen LogP contribution is 2.42. The van der Waals surface area contributed by atoms with Crippen LogP contribution in [0.4, 0.5) is 0 Å². The summed E-state index contributed by atoms with van der Waals surface area (Å²) in [7, 11) is 0. The molecule has 22 heavy (non-hydrogen) atoms. The van der Waals surface area contributed by atoms with Crippen LogP contribution < -0.4 is 0 Å². The lowest BCUT2D eigenvalue weighted by molar-refractivity contribution is -0.139. The number of hydrogen-bond donors (Lipinski definition) is 0. The molecule has 1 saturated carbocycles. The van der Waals surface area contributed by atoms with Gasteiger partial charge in [0.15, 0.2) is 0 Å². The van der Waals surface area contributed by atoms with E-state index in [1.54, 1.807) is 0 Å². The smallest absolute Gasteiger partial charge is 0.0964 e. The molecule has 4 rings (SSSR count). The van der Waals surface area contributed by atoms with E-state index in [2.05, 4.69) is 16.0 Å². The summed E-state index contributed by atoms with van der Waals surface area (Å²) in [6.45, 7) is 5.94. The van der Waals surface area contributed by atoms with Gasteiger partial charge in [0.25, 0.3) is 0 Å². The van der Waals surface area contributed by atoms with E-state index in [0.29, 0.717) is 5.92 Å². The molecule has 120 valence electrons. The Morgan fingerprint density at radius 3 is 3.00 bits per heavy atom. The molecular formula is C18H26N2O2. The van der Waals surface area contributed by atoms with Crippen LogP contribution in [0.5, 0.6) is 0 Å². The molecule has 1 aliphatic carbocycles. The average molecular weight is 302 g/mol. The first-order chi connectivity index (χ1) is 10.8. The van der Waals surface area contributed by atoms with Gasteiger partial charge in [0.2, 0.25) is 0 Å². The minimum Gasteiger partial charge on any atom is -0.381 e. The highest BCUT2D eigenvalue weighted by molar-refractivity contribution is 5.12. The van der Waals surface area contributed by atoms with Gasteiger partial charge in [0.1, 0.15) is 0 Å². The molecule has 1 aromatic rings. The number of ether oxygens (including phenoxy) is 2. The molecule has 1 unspecified atom stereocenters. The molecule has 3 aliphatic rings. The van der Waals surface area contributed by atoms with Gasteiger partial charge in [0, 0.05) is 51.8 Å². The topological polar surface area (TPSA) is 34.6 Å². The zero-order chi connectivity index (χ0) is 14.8. The summed E-state index contributed by atoms with van der Waals surface area (Å²) in [4.78, 5) is 6.67. The first kappa shape index (κ1) is 14.6. The van der Waals surface area contributed by atoms with Crippen molar-refractivity contribution in [3.05, 3.63) is 30.1 Å². The molecule has 1 aromatic heterocycles. The lowest BCUT2D eigenvalue weighted by Crippen LogP contribution is -2.64. The second-order valence-electron chi connectivity index (χ2n) is 7.21. The molecule has 1 atom stereocenters. The highest BCUT2D eigenvalue weighted by atomic mass is 16.5. The second kappa shape index (κ2) is 6.26. The van der Waals surface area contributed by atoms with Crippen molar-refractivity contribution in [1.82, 2.24) is 9.88 Å². The Kier molecular flexibility index (Phi) is 4.16. The standard InChI is InChI=1S/C18H26N2O2/c1-2-16(10-19-7-1)11-20-13-18(14-20)17(6-9-22-18)5-8-21-12-15-3-4-15/h1-2,7,10,15,17H,3-6,8-9,11-14H2. The van der Waals surface area contributed by atoms with Crippen LogP contribution in [0.15, 0.2) is 24.5 Å². The van der Waals surface area contributed by atoms with E-state index in [0.717, 1.165) is 51.8 Å². The van der Waals surface area contributed by atoms with Crippen LogP contribution in [0.1, 0.15) is 31.2 Å². The molecule has 1 spiro atoms. The molecule has 4 heteroatoms. The third-order valence-electron chi connectivity index (χ3n) is 5.37. The van der Waals surface area contributed by atoms with Gasteiger partial charge in [-0.25, -0.2) is 0 Å². The number of aromatic nitrogens is 1. The Morgan fingerprint density at radius 1 is 1.32 bits per heavy atom. The van der Waals surface area contributed by atoms with Crippen molar-refractivity contribution in [3.63, 3.8) is 0 Å². The summed E-state index contributed by atoms with van der Waals surface area (Å²) in [5.74, 6) is 1.55. The predicted octanol–water partition coefficient (Wildman–Crippen LogP) is 2.49. The van der Waals surface area contributed by atoms with E-state index < -0.39 is 0 Å². The summed E-state index contributed by atoms with van der Waals surface area (Å²) in [6, 6.07) is 4.16. The predicted molar refractivity (Wildman–Crippen MR) is 84.5 cm³/mol. The molecule has 3 fully saturated rings. The summed E-state index contributed by atoms with van der Waals surface area (Å²) in [6.07, 6.45) is 8.91. The number of rotatable bonds is 7. The van der Waals surface area contributed by atoms with Crippen molar-refractivity contribution in [2.75, 3.05) is 32.9 Å². The first-order valence-corrected chi connectivity index (χ1v) is 8.67. The largest absolute Gasteiger partial charge is 0.381 e. The summed E-state index contributed by atoms with van der Waals surface area (Å²) < 4.78 is 12.0. The van der Waals surface area contributed by atoms with E-state index in [1.807, 2.05) is 18.5 Å². The van der Waals surface area contributed by atoms with Gasteiger partial charge in [-0.2, -0.15) is 0 Å². The monoisotopic (exact) mass is 302 g/mol. The Balaban J connectivity index is 1.23. The van der Waals surface area contributed by atoms with Gasteiger partial charge in [-0.05, 0) is 49.1 Å². The van der Waals surface area contributed by atoms with Crippen molar-refractivity contribution in [3.8, 4) is 0 Å². The fourth-order valence-electron chi connectivity index (χ4n) is 3.87. The molecule has 3 heterocycles. The lowest BCUT2D eigenvalue weighted by Gasteiger charge is -2.50. The van der Waals surface area contributed by atoms with E-state index in [9.17, 15) is 0 Å². The van der Waals surface area contributed by atoms with Crippen molar-refractivity contribution in [1.29, 1.82) is 0 Å². The zero-order valence-corrected chi connectivity index (χ0v) is 13.2. The lowest BCUT2D eigenvalue weighted by atomic mass is 9.79. The fraction of sp³-hybridized carbons (Fsp3) is 0.722. The average Bonchev–Trinajstić information content (AvgIpc) is 3.24. The number of pyridine rings is 1. The maximum absolute atomic E-state index is 6.13. The summed E-state index contributed by atoms with van der Waals surface area (Å²) >= 11 is 0. The number of nitrogens with zero attached hydrogens (tertiary/aromatic N) is 2. The Hall–Kier alpha value is -0.970. The molecule has 0 radical (unpaired) electrons. The third-order valence-corrected chi connectivity index (χ3v) is 5.37. The summed E-state index contributed by atoms with van der Waals surface area (Å²) in [5.41, 5.74) is 1.41.